The van der Waals surface area contributed by atoms with Crippen LogP contribution in [0.4, 0.5) is 5.69 Å². The second-order valence-corrected chi connectivity index (χ2v) is 6.11. The van der Waals surface area contributed by atoms with Crippen LogP contribution in [0.2, 0.25) is 0 Å². The van der Waals surface area contributed by atoms with Crippen molar-refractivity contribution < 1.29 is 9.53 Å². The zero-order valence-electron chi connectivity index (χ0n) is 12.4. The molecule has 2 rings (SSSR count). The van der Waals surface area contributed by atoms with Gasteiger partial charge < -0.3 is 15.4 Å². The Bertz CT molecular complexity index is 462. The second-order valence-electron chi connectivity index (χ2n) is 5.17. The topological polar surface area (TPSA) is 67.6 Å². The molecule has 1 aromatic carbocycles. The molecule has 0 atom stereocenters. The van der Waals surface area contributed by atoms with Gasteiger partial charge in [-0.3, -0.25) is 9.52 Å². The molecule has 0 aliphatic carbocycles. The molecule has 1 heterocycles. The number of hydrogen-bond acceptors (Lipinski definition) is 6. The quantitative estimate of drug-likeness (QED) is 0.361. The minimum absolute atomic E-state index is 0.0668. The Hall–Kier alpha value is -1.24. The van der Waals surface area contributed by atoms with Crippen LogP contribution in [0.3, 0.4) is 0 Å². The van der Waals surface area contributed by atoms with Gasteiger partial charge in [0.15, 0.2) is 0 Å². The first-order chi connectivity index (χ1) is 10.2. The number of para-hydroxylation sites is 1. The van der Waals surface area contributed by atoms with Crippen molar-refractivity contribution in [1.82, 2.24) is 9.62 Å². The number of benzene rings is 1. The first kappa shape index (κ1) is 16.1. The van der Waals surface area contributed by atoms with Gasteiger partial charge in [0.25, 0.3) is 0 Å². The molecule has 0 bridgehead atoms. The van der Waals surface area contributed by atoms with E-state index in [-0.39, 0.29) is 11.9 Å². The molecule has 1 aliphatic heterocycles. The third kappa shape index (κ3) is 4.91. The summed E-state index contributed by atoms with van der Waals surface area (Å²) in [6, 6.07) is 7.83. The molecule has 1 saturated heterocycles. The number of carbonyl (C=O) groups is 1. The summed E-state index contributed by atoms with van der Waals surface area (Å²) in [6.45, 7) is 3.79. The molecular formula is C15H23N3O2S. The molecule has 1 aliphatic rings. The van der Waals surface area contributed by atoms with Gasteiger partial charge in [0, 0.05) is 23.7 Å². The molecule has 1 fully saturated rings. The molecule has 21 heavy (non-hydrogen) atoms. The van der Waals surface area contributed by atoms with Crippen molar-refractivity contribution in [2.24, 2.45) is 5.92 Å². The molecule has 0 unspecified atom stereocenters. The summed E-state index contributed by atoms with van der Waals surface area (Å²) in [7, 11) is 1.46. The number of nitrogens with zero attached hydrogens (tertiary/aromatic N) is 1. The van der Waals surface area contributed by atoms with E-state index in [1.54, 1.807) is 11.9 Å². The molecule has 0 radical (unpaired) electrons. The lowest BCUT2D eigenvalue weighted by Gasteiger charge is -2.30. The van der Waals surface area contributed by atoms with Crippen molar-refractivity contribution in [3.05, 3.63) is 24.3 Å². The van der Waals surface area contributed by atoms with E-state index >= 15 is 0 Å². The van der Waals surface area contributed by atoms with Gasteiger partial charge >= 0.3 is 5.97 Å². The third-order valence-corrected chi connectivity index (χ3v) is 4.69. The molecule has 3 N–H and O–H groups in total. The summed E-state index contributed by atoms with van der Waals surface area (Å²) < 4.78 is 8.14. The van der Waals surface area contributed by atoms with Crippen LogP contribution in [0.25, 0.3) is 0 Å². The van der Waals surface area contributed by atoms with Gasteiger partial charge in [-0.25, -0.2) is 0 Å². The molecule has 5 nitrogen and oxygen atoms in total. The lowest BCUT2D eigenvalue weighted by molar-refractivity contribution is -0.147. The van der Waals surface area contributed by atoms with Crippen LogP contribution >= 0.6 is 11.9 Å². The van der Waals surface area contributed by atoms with E-state index in [9.17, 15) is 4.79 Å². The number of likely N-dealkylation sites (tertiary alicyclic amines) is 1. The number of piperidine rings is 1. The van der Waals surface area contributed by atoms with E-state index in [0.717, 1.165) is 49.6 Å². The average molecular weight is 309 g/mol. The summed E-state index contributed by atoms with van der Waals surface area (Å²) in [5.41, 5.74) is 6.69. The number of esters is 1. The van der Waals surface area contributed by atoms with Crippen LogP contribution in [0.15, 0.2) is 29.2 Å². The highest BCUT2D eigenvalue weighted by atomic mass is 32.2. The zero-order chi connectivity index (χ0) is 15.1. The maximum absolute atomic E-state index is 11.5. The van der Waals surface area contributed by atoms with E-state index in [4.69, 9.17) is 10.5 Å². The Morgan fingerprint density at radius 3 is 2.81 bits per heavy atom. The van der Waals surface area contributed by atoms with Gasteiger partial charge in [-0.15, -0.1) is 0 Å². The molecule has 6 heteroatoms. The fourth-order valence-corrected chi connectivity index (χ4v) is 3.15. The van der Waals surface area contributed by atoms with Crippen molar-refractivity contribution in [2.75, 3.05) is 39.0 Å². The van der Waals surface area contributed by atoms with Gasteiger partial charge in [-0.1, -0.05) is 12.1 Å². The minimum Gasteiger partial charge on any atom is -0.469 e. The molecule has 1 aromatic rings. The van der Waals surface area contributed by atoms with Gasteiger partial charge in [-0.05, 0) is 50.0 Å². The number of anilines is 1. The van der Waals surface area contributed by atoms with Crippen molar-refractivity contribution in [1.29, 1.82) is 0 Å². The van der Waals surface area contributed by atoms with E-state index in [1.165, 1.54) is 7.11 Å². The number of nitrogens with one attached hydrogen (secondary N) is 1. The molecule has 116 valence electrons. The lowest BCUT2D eigenvalue weighted by atomic mass is 9.97. The van der Waals surface area contributed by atoms with Gasteiger partial charge in [0.2, 0.25) is 0 Å². The first-order valence-corrected chi connectivity index (χ1v) is 8.06. The average Bonchev–Trinajstić information content (AvgIpc) is 2.53. The number of nitrogen functional groups attached to an aromatic ring is 1. The second kappa shape index (κ2) is 8.26. The molecule has 0 amide bonds. The minimum atomic E-state index is -0.0668. The van der Waals surface area contributed by atoms with E-state index < -0.39 is 0 Å². The molecule has 0 saturated carbocycles. The summed E-state index contributed by atoms with van der Waals surface area (Å²) in [5, 5.41) is 0. The Balaban J connectivity index is 1.62. The first-order valence-electron chi connectivity index (χ1n) is 7.25. The van der Waals surface area contributed by atoms with Crippen LogP contribution in [0.1, 0.15) is 12.8 Å². The number of nitrogens with two attached hydrogens (primary N) is 1. The summed E-state index contributed by atoms with van der Waals surface area (Å²) >= 11 is 1.57. The third-order valence-electron chi connectivity index (χ3n) is 3.75. The molecular weight excluding hydrogens is 286 g/mol. The number of rotatable bonds is 6. The van der Waals surface area contributed by atoms with Crippen molar-refractivity contribution in [3.8, 4) is 0 Å². The smallest absolute Gasteiger partial charge is 0.308 e. The number of carbonyl (C=O) groups excluding carboxylic acids is 1. The highest BCUT2D eigenvalue weighted by molar-refractivity contribution is 7.97. The van der Waals surface area contributed by atoms with Crippen LogP contribution in [-0.4, -0.2) is 44.2 Å². The fraction of sp³-hybridized carbons (Fsp3) is 0.533. The highest BCUT2D eigenvalue weighted by Gasteiger charge is 2.25. The van der Waals surface area contributed by atoms with Crippen molar-refractivity contribution in [2.45, 2.75) is 17.7 Å². The van der Waals surface area contributed by atoms with Gasteiger partial charge in [-0.2, -0.15) is 0 Å². The maximum atomic E-state index is 11.5. The Morgan fingerprint density at radius 1 is 1.43 bits per heavy atom. The van der Waals surface area contributed by atoms with Crippen LogP contribution in [0, 0.1) is 5.92 Å². The van der Waals surface area contributed by atoms with E-state index in [2.05, 4.69) is 9.62 Å². The lowest BCUT2D eigenvalue weighted by Crippen LogP contribution is -2.39. The highest BCUT2D eigenvalue weighted by Crippen LogP contribution is 2.21. The summed E-state index contributed by atoms with van der Waals surface area (Å²) in [4.78, 5) is 14.9. The van der Waals surface area contributed by atoms with Crippen LogP contribution < -0.4 is 10.5 Å². The SMILES string of the molecule is COC(=O)C1CCN(CCNSc2ccccc2N)CC1. The molecule has 0 spiro atoms. The fourth-order valence-electron chi connectivity index (χ4n) is 2.46. The number of ether oxygens (including phenoxy) is 1. The number of methoxy groups -OCH3 is 1. The Labute approximate surface area is 130 Å². The van der Waals surface area contributed by atoms with E-state index in [0.29, 0.717) is 0 Å². The summed E-state index contributed by atoms with van der Waals surface area (Å²) in [5.74, 6) is 0.0144. The number of hydrogen-bond donors (Lipinski definition) is 2. The normalized spacial score (nSPS) is 16.8. The van der Waals surface area contributed by atoms with Crippen LogP contribution in [-0.2, 0) is 9.53 Å². The van der Waals surface area contributed by atoms with Gasteiger partial charge in [0.1, 0.15) is 0 Å². The maximum Gasteiger partial charge on any atom is 0.308 e. The predicted octanol–water partition coefficient (Wildman–Crippen LogP) is 1.75. The van der Waals surface area contributed by atoms with Crippen molar-refractivity contribution in [3.63, 3.8) is 0 Å². The molecule has 0 aromatic heterocycles. The zero-order valence-corrected chi connectivity index (χ0v) is 13.2. The van der Waals surface area contributed by atoms with Gasteiger partial charge in [0.05, 0.1) is 13.0 Å². The van der Waals surface area contributed by atoms with Crippen LogP contribution in [0.5, 0.6) is 0 Å². The standard InChI is InChI=1S/C15H23N3O2S/c1-20-15(19)12-6-9-18(10-7-12)11-8-17-21-14-5-3-2-4-13(14)16/h2-5,12,17H,6-11,16H2,1H3. The van der Waals surface area contributed by atoms with Crippen molar-refractivity contribution >= 4 is 23.6 Å². The largest absolute Gasteiger partial charge is 0.469 e. The Kier molecular flexibility index (Phi) is 6.35. The summed E-state index contributed by atoms with van der Waals surface area (Å²) in [6.07, 6.45) is 1.79. The van der Waals surface area contributed by atoms with E-state index in [1.807, 2.05) is 24.3 Å². The monoisotopic (exact) mass is 309 g/mol. The predicted molar refractivity (Wildman–Crippen MR) is 85.9 cm³/mol. The Morgan fingerprint density at radius 2 is 2.14 bits per heavy atom.